The molecule has 0 saturated heterocycles. The molecular weight excluding hydrogens is 300 g/mol. The van der Waals surface area contributed by atoms with Gasteiger partial charge in [-0.05, 0) is 24.6 Å². The predicted molar refractivity (Wildman–Crippen MR) is 70.7 cm³/mol. The number of hydrogen-bond acceptors (Lipinski definition) is 4. The van der Waals surface area contributed by atoms with Gasteiger partial charge in [-0.25, -0.2) is 0 Å². The van der Waals surface area contributed by atoms with Gasteiger partial charge in [-0.3, -0.25) is 9.59 Å². The van der Waals surface area contributed by atoms with E-state index in [0.29, 0.717) is 12.4 Å². The SMILES string of the molecule is CCOC(=O)CC(=O)Cc1ccc(OC)cc1Br. The van der Waals surface area contributed by atoms with Crippen molar-refractivity contribution in [1.82, 2.24) is 0 Å². The molecule has 0 saturated carbocycles. The Morgan fingerprint density at radius 3 is 2.61 bits per heavy atom. The van der Waals surface area contributed by atoms with Gasteiger partial charge in [0.15, 0.2) is 0 Å². The second-order valence-electron chi connectivity index (χ2n) is 3.65. The van der Waals surface area contributed by atoms with Crippen LogP contribution in [0.5, 0.6) is 5.75 Å². The molecule has 0 unspecified atom stereocenters. The molecule has 0 aromatic heterocycles. The molecule has 4 nitrogen and oxygen atoms in total. The average Bonchev–Trinajstić information content (AvgIpc) is 2.31. The van der Waals surface area contributed by atoms with Crippen molar-refractivity contribution in [3.63, 3.8) is 0 Å². The molecule has 0 amide bonds. The van der Waals surface area contributed by atoms with Gasteiger partial charge in [-0.15, -0.1) is 0 Å². The Bertz CT molecular complexity index is 443. The number of Topliss-reactive ketones (excluding diaryl/α,β-unsaturated/α-hetero) is 1. The first-order chi connectivity index (χ1) is 8.56. The maximum absolute atomic E-state index is 11.7. The number of carbonyl (C=O) groups is 2. The van der Waals surface area contributed by atoms with E-state index in [2.05, 4.69) is 15.9 Å². The van der Waals surface area contributed by atoms with Crippen molar-refractivity contribution >= 4 is 27.7 Å². The molecule has 0 fully saturated rings. The Labute approximate surface area is 114 Å². The van der Waals surface area contributed by atoms with Crippen LogP contribution in [0.1, 0.15) is 18.9 Å². The Morgan fingerprint density at radius 2 is 2.06 bits per heavy atom. The molecule has 0 aliphatic rings. The van der Waals surface area contributed by atoms with Crippen LogP contribution in [0.4, 0.5) is 0 Å². The zero-order valence-electron chi connectivity index (χ0n) is 10.4. The van der Waals surface area contributed by atoms with Crippen molar-refractivity contribution in [2.45, 2.75) is 19.8 Å². The first-order valence-electron chi connectivity index (χ1n) is 5.56. The van der Waals surface area contributed by atoms with E-state index >= 15 is 0 Å². The Morgan fingerprint density at radius 1 is 1.33 bits per heavy atom. The highest BCUT2D eigenvalue weighted by Crippen LogP contribution is 2.23. The summed E-state index contributed by atoms with van der Waals surface area (Å²) in [7, 11) is 1.58. The van der Waals surface area contributed by atoms with E-state index in [9.17, 15) is 9.59 Å². The van der Waals surface area contributed by atoms with Crippen LogP contribution in [-0.2, 0) is 20.7 Å². The van der Waals surface area contributed by atoms with Gasteiger partial charge >= 0.3 is 5.97 Å². The van der Waals surface area contributed by atoms with Crippen molar-refractivity contribution in [3.05, 3.63) is 28.2 Å². The first-order valence-corrected chi connectivity index (χ1v) is 6.35. The van der Waals surface area contributed by atoms with Crippen molar-refractivity contribution in [1.29, 1.82) is 0 Å². The highest BCUT2D eigenvalue weighted by Gasteiger charge is 2.12. The quantitative estimate of drug-likeness (QED) is 0.598. The van der Waals surface area contributed by atoms with Crippen LogP contribution in [0.15, 0.2) is 22.7 Å². The van der Waals surface area contributed by atoms with Crippen LogP contribution in [0.2, 0.25) is 0 Å². The monoisotopic (exact) mass is 314 g/mol. The van der Waals surface area contributed by atoms with E-state index in [0.717, 1.165) is 10.0 Å². The lowest BCUT2D eigenvalue weighted by atomic mass is 10.1. The van der Waals surface area contributed by atoms with Crippen molar-refractivity contribution < 1.29 is 19.1 Å². The molecule has 0 radical (unpaired) electrons. The van der Waals surface area contributed by atoms with E-state index in [-0.39, 0.29) is 18.6 Å². The van der Waals surface area contributed by atoms with Gasteiger partial charge in [-0.1, -0.05) is 22.0 Å². The fourth-order valence-electron chi connectivity index (χ4n) is 1.45. The van der Waals surface area contributed by atoms with E-state index < -0.39 is 5.97 Å². The minimum atomic E-state index is -0.480. The number of methoxy groups -OCH3 is 1. The van der Waals surface area contributed by atoms with E-state index in [1.165, 1.54) is 0 Å². The summed E-state index contributed by atoms with van der Waals surface area (Å²) in [6, 6.07) is 5.36. The minimum absolute atomic E-state index is 0.167. The molecule has 1 rings (SSSR count). The maximum Gasteiger partial charge on any atom is 0.313 e. The summed E-state index contributed by atoms with van der Waals surface area (Å²) in [5, 5.41) is 0. The van der Waals surface area contributed by atoms with Gasteiger partial charge in [-0.2, -0.15) is 0 Å². The molecule has 0 bridgehead atoms. The third-order valence-electron chi connectivity index (χ3n) is 2.29. The number of hydrogen-bond donors (Lipinski definition) is 0. The number of ether oxygens (including phenoxy) is 2. The summed E-state index contributed by atoms with van der Waals surface area (Å²) in [4.78, 5) is 22.8. The maximum atomic E-state index is 11.7. The number of benzene rings is 1. The van der Waals surface area contributed by atoms with E-state index in [4.69, 9.17) is 9.47 Å². The van der Waals surface area contributed by atoms with Gasteiger partial charge in [0.05, 0.1) is 13.7 Å². The van der Waals surface area contributed by atoms with Gasteiger partial charge in [0, 0.05) is 10.9 Å². The lowest BCUT2D eigenvalue weighted by molar-refractivity contribution is -0.145. The number of halogens is 1. The second kappa shape index (κ2) is 7.16. The standard InChI is InChI=1S/C13H15BrO4/c1-3-18-13(16)7-10(15)6-9-4-5-11(17-2)8-12(9)14/h4-5,8H,3,6-7H2,1-2H3. The molecule has 0 heterocycles. The van der Waals surface area contributed by atoms with Crippen molar-refractivity contribution in [2.75, 3.05) is 13.7 Å². The number of rotatable bonds is 6. The lowest BCUT2D eigenvalue weighted by Gasteiger charge is -2.06. The summed E-state index contributed by atoms with van der Waals surface area (Å²) in [6.45, 7) is 2.00. The second-order valence-corrected chi connectivity index (χ2v) is 4.51. The molecular formula is C13H15BrO4. The number of ketones is 1. The summed E-state index contributed by atoms with van der Waals surface area (Å²) in [5.41, 5.74) is 0.824. The van der Waals surface area contributed by atoms with Gasteiger partial charge in [0.1, 0.15) is 18.0 Å². The molecule has 98 valence electrons. The smallest absolute Gasteiger partial charge is 0.313 e. The summed E-state index contributed by atoms with van der Waals surface area (Å²) in [5.74, 6) is 0.0647. The minimum Gasteiger partial charge on any atom is -0.497 e. The van der Waals surface area contributed by atoms with Gasteiger partial charge in [0.25, 0.3) is 0 Å². The molecule has 18 heavy (non-hydrogen) atoms. The van der Waals surface area contributed by atoms with Gasteiger partial charge < -0.3 is 9.47 Å². The Kier molecular flexibility index (Phi) is 5.85. The largest absolute Gasteiger partial charge is 0.497 e. The normalized spacial score (nSPS) is 9.94. The summed E-state index contributed by atoms with van der Waals surface area (Å²) >= 11 is 3.36. The molecule has 0 N–H and O–H groups in total. The van der Waals surface area contributed by atoms with E-state index in [1.807, 2.05) is 0 Å². The molecule has 0 aliphatic carbocycles. The zero-order chi connectivity index (χ0) is 13.5. The number of carbonyl (C=O) groups excluding carboxylic acids is 2. The van der Waals surface area contributed by atoms with Crippen LogP contribution in [0.3, 0.4) is 0 Å². The van der Waals surface area contributed by atoms with E-state index in [1.54, 1.807) is 32.2 Å². The fourth-order valence-corrected chi connectivity index (χ4v) is 1.94. The van der Waals surface area contributed by atoms with Crippen LogP contribution in [-0.4, -0.2) is 25.5 Å². The summed E-state index contributed by atoms with van der Waals surface area (Å²) in [6.07, 6.45) is 0.00962. The topological polar surface area (TPSA) is 52.6 Å². The van der Waals surface area contributed by atoms with Crippen LogP contribution in [0.25, 0.3) is 0 Å². The Hall–Kier alpha value is -1.36. The fraction of sp³-hybridized carbons (Fsp3) is 0.385. The summed E-state index contributed by atoms with van der Waals surface area (Å²) < 4.78 is 10.6. The number of esters is 1. The molecule has 5 heteroatoms. The van der Waals surface area contributed by atoms with Crippen molar-refractivity contribution in [3.8, 4) is 5.75 Å². The molecule has 0 spiro atoms. The molecule has 0 aliphatic heterocycles. The lowest BCUT2D eigenvalue weighted by Crippen LogP contribution is -2.13. The Balaban J connectivity index is 2.62. The highest BCUT2D eigenvalue weighted by molar-refractivity contribution is 9.10. The van der Waals surface area contributed by atoms with Gasteiger partial charge in [0.2, 0.25) is 0 Å². The highest BCUT2D eigenvalue weighted by atomic mass is 79.9. The average molecular weight is 315 g/mol. The predicted octanol–water partition coefficient (Wildman–Crippen LogP) is 2.52. The third kappa shape index (κ3) is 4.49. The zero-order valence-corrected chi connectivity index (χ0v) is 12.0. The molecule has 0 atom stereocenters. The van der Waals surface area contributed by atoms with Crippen molar-refractivity contribution in [2.24, 2.45) is 0 Å². The molecule has 1 aromatic rings. The molecule has 1 aromatic carbocycles. The van der Waals surface area contributed by atoms with Crippen LogP contribution < -0.4 is 4.74 Å². The van der Waals surface area contributed by atoms with Crippen LogP contribution in [0, 0.1) is 0 Å². The third-order valence-corrected chi connectivity index (χ3v) is 3.03. The van der Waals surface area contributed by atoms with Crippen LogP contribution >= 0.6 is 15.9 Å². The first kappa shape index (κ1) is 14.7.